The van der Waals surface area contributed by atoms with Crippen molar-refractivity contribution in [2.75, 3.05) is 32.7 Å². The first kappa shape index (κ1) is 12.9. The van der Waals surface area contributed by atoms with E-state index in [0.717, 1.165) is 23.3 Å². The van der Waals surface area contributed by atoms with Crippen molar-refractivity contribution in [3.63, 3.8) is 0 Å². The third-order valence-electron chi connectivity index (χ3n) is 5.71. The quantitative estimate of drug-likeness (QED) is 0.760. The van der Waals surface area contributed by atoms with E-state index in [1.165, 1.54) is 58.4 Å². The lowest BCUT2D eigenvalue weighted by atomic mass is 9.58. The molecule has 0 aromatic carbocycles. The largest absolute Gasteiger partial charge is 0.303 e. The molecule has 0 N–H and O–H groups in total. The molecule has 3 aliphatic rings. The van der Waals surface area contributed by atoms with Crippen LogP contribution in [0.25, 0.3) is 0 Å². The molecule has 18 heavy (non-hydrogen) atoms. The zero-order valence-electron chi connectivity index (χ0n) is 12.5. The molecule has 0 unspecified atom stereocenters. The minimum absolute atomic E-state index is 0.752. The van der Waals surface area contributed by atoms with E-state index in [1.54, 1.807) is 0 Å². The molecule has 2 nitrogen and oxygen atoms in total. The molecule has 1 spiro atoms. The second kappa shape index (κ2) is 4.79. The molecule has 3 rings (SSSR count). The van der Waals surface area contributed by atoms with Crippen LogP contribution in [0.3, 0.4) is 0 Å². The summed E-state index contributed by atoms with van der Waals surface area (Å²) < 4.78 is 0. The lowest BCUT2D eigenvalue weighted by Crippen LogP contribution is -2.55. The third-order valence-corrected chi connectivity index (χ3v) is 5.71. The number of hydrogen-bond acceptors (Lipinski definition) is 2. The Kier molecular flexibility index (Phi) is 3.44. The zero-order chi connectivity index (χ0) is 12.8. The summed E-state index contributed by atoms with van der Waals surface area (Å²) in [6, 6.07) is 0.752. The van der Waals surface area contributed by atoms with Crippen LogP contribution < -0.4 is 0 Å². The van der Waals surface area contributed by atoms with E-state index in [2.05, 4.69) is 30.6 Å². The van der Waals surface area contributed by atoms with Gasteiger partial charge in [-0.3, -0.25) is 0 Å². The smallest absolute Gasteiger partial charge is 0.00388 e. The van der Waals surface area contributed by atoms with Crippen molar-refractivity contribution in [2.45, 2.75) is 52.5 Å². The van der Waals surface area contributed by atoms with Gasteiger partial charge in [-0.25, -0.2) is 0 Å². The van der Waals surface area contributed by atoms with Crippen molar-refractivity contribution in [1.29, 1.82) is 0 Å². The molecule has 2 heterocycles. The Bertz CT molecular complexity index is 277. The molecule has 2 heteroatoms. The Balaban J connectivity index is 1.37. The number of rotatable bonds is 3. The fraction of sp³-hybridized carbons (Fsp3) is 1.00. The maximum atomic E-state index is 2.75. The van der Waals surface area contributed by atoms with Crippen LogP contribution in [0.1, 0.15) is 46.5 Å². The second-order valence-electron chi connectivity index (χ2n) is 7.73. The van der Waals surface area contributed by atoms with E-state index in [-0.39, 0.29) is 0 Å². The average Bonchev–Trinajstić information content (AvgIpc) is 2.23. The average molecular weight is 250 g/mol. The third kappa shape index (κ3) is 2.46. The molecule has 0 amide bonds. The normalized spacial score (nSPS) is 30.7. The molecule has 104 valence electrons. The van der Waals surface area contributed by atoms with Gasteiger partial charge in [-0.2, -0.15) is 0 Å². The van der Waals surface area contributed by atoms with Gasteiger partial charge in [-0.05, 0) is 69.9 Å². The molecule has 0 aromatic heterocycles. The van der Waals surface area contributed by atoms with Crippen LogP contribution in [0.15, 0.2) is 0 Å². The fourth-order valence-corrected chi connectivity index (χ4v) is 4.55. The first-order valence-corrected chi connectivity index (χ1v) is 8.03. The maximum absolute atomic E-state index is 2.75. The van der Waals surface area contributed by atoms with Crippen molar-refractivity contribution < 1.29 is 0 Å². The van der Waals surface area contributed by atoms with Gasteiger partial charge < -0.3 is 9.80 Å². The Morgan fingerprint density at radius 1 is 1.11 bits per heavy atom. The van der Waals surface area contributed by atoms with E-state index in [0.29, 0.717) is 0 Å². The molecule has 1 saturated carbocycles. The highest BCUT2D eigenvalue weighted by molar-refractivity contribution is 4.96. The van der Waals surface area contributed by atoms with Crippen LogP contribution in [-0.2, 0) is 0 Å². The van der Waals surface area contributed by atoms with Gasteiger partial charge >= 0.3 is 0 Å². The highest BCUT2D eigenvalue weighted by atomic mass is 15.2. The van der Waals surface area contributed by atoms with Gasteiger partial charge in [0.05, 0.1) is 0 Å². The molecule has 0 atom stereocenters. The van der Waals surface area contributed by atoms with Crippen molar-refractivity contribution in [3.05, 3.63) is 0 Å². The summed E-state index contributed by atoms with van der Waals surface area (Å²) in [6.07, 6.45) is 6.01. The topological polar surface area (TPSA) is 6.48 Å². The SMILES string of the molecule is CC1CC2(CCN(CC3CN(C(C)C)C3)CC2)C1. The van der Waals surface area contributed by atoms with Gasteiger partial charge in [0.15, 0.2) is 0 Å². The maximum Gasteiger partial charge on any atom is 0.00388 e. The first-order valence-electron chi connectivity index (χ1n) is 8.03. The van der Waals surface area contributed by atoms with Crippen LogP contribution in [-0.4, -0.2) is 48.6 Å². The van der Waals surface area contributed by atoms with Gasteiger partial charge in [0, 0.05) is 25.7 Å². The summed E-state index contributed by atoms with van der Waals surface area (Å²) in [5.74, 6) is 1.98. The van der Waals surface area contributed by atoms with Crippen molar-refractivity contribution in [2.24, 2.45) is 17.3 Å². The van der Waals surface area contributed by atoms with E-state index in [4.69, 9.17) is 0 Å². The summed E-state index contributed by atoms with van der Waals surface area (Å²) in [5, 5.41) is 0. The van der Waals surface area contributed by atoms with Crippen molar-refractivity contribution in [3.8, 4) is 0 Å². The van der Waals surface area contributed by atoms with Crippen LogP contribution in [0, 0.1) is 17.3 Å². The summed E-state index contributed by atoms with van der Waals surface area (Å²) in [4.78, 5) is 5.35. The molecule has 2 saturated heterocycles. The molecular weight excluding hydrogens is 220 g/mol. The molecule has 0 bridgehead atoms. The first-order chi connectivity index (χ1) is 8.56. The van der Waals surface area contributed by atoms with Gasteiger partial charge in [0.1, 0.15) is 0 Å². The molecule has 2 aliphatic heterocycles. The summed E-state index contributed by atoms with van der Waals surface area (Å²) in [6.45, 7) is 13.9. The predicted molar refractivity (Wildman–Crippen MR) is 76.7 cm³/mol. The number of hydrogen-bond donors (Lipinski definition) is 0. The van der Waals surface area contributed by atoms with Crippen molar-refractivity contribution >= 4 is 0 Å². The van der Waals surface area contributed by atoms with Crippen molar-refractivity contribution in [1.82, 2.24) is 9.80 Å². The zero-order valence-corrected chi connectivity index (χ0v) is 12.5. The van der Waals surface area contributed by atoms with Gasteiger partial charge in [-0.15, -0.1) is 0 Å². The minimum Gasteiger partial charge on any atom is -0.303 e. The molecule has 0 aromatic rings. The van der Waals surface area contributed by atoms with Gasteiger partial charge in [0.2, 0.25) is 0 Å². The summed E-state index contributed by atoms with van der Waals surface area (Å²) >= 11 is 0. The predicted octanol–water partition coefficient (Wildman–Crippen LogP) is 2.84. The van der Waals surface area contributed by atoms with Crippen LogP contribution >= 0.6 is 0 Å². The lowest BCUT2D eigenvalue weighted by Gasteiger charge is -2.52. The monoisotopic (exact) mass is 250 g/mol. The fourth-order valence-electron chi connectivity index (χ4n) is 4.55. The highest BCUT2D eigenvalue weighted by Crippen LogP contribution is 2.52. The second-order valence-corrected chi connectivity index (χ2v) is 7.73. The molecule has 1 aliphatic carbocycles. The molecule has 3 fully saturated rings. The lowest BCUT2D eigenvalue weighted by molar-refractivity contribution is -0.0239. The number of piperidine rings is 1. The Hall–Kier alpha value is -0.0800. The highest BCUT2D eigenvalue weighted by Gasteiger charge is 2.44. The van der Waals surface area contributed by atoms with Crippen LogP contribution in [0.5, 0.6) is 0 Å². The Morgan fingerprint density at radius 2 is 1.72 bits per heavy atom. The van der Waals surface area contributed by atoms with E-state index in [1.807, 2.05) is 0 Å². The van der Waals surface area contributed by atoms with Crippen LogP contribution in [0.2, 0.25) is 0 Å². The summed E-state index contributed by atoms with van der Waals surface area (Å²) in [5.41, 5.74) is 0.791. The molecule has 0 radical (unpaired) electrons. The van der Waals surface area contributed by atoms with Crippen LogP contribution in [0.4, 0.5) is 0 Å². The minimum atomic E-state index is 0.752. The number of likely N-dealkylation sites (tertiary alicyclic amines) is 2. The van der Waals surface area contributed by atoms with E-state index < -0.39 is 0 Å². The number of nitrogens with zero attached hydrogens (tertiary/aromatic N) is 2. The summed E-state index contributed by atoms with van der Waals surface area (Å²) in [7, 11) is 0. The Labute approximate surface area is 113 Å². The van der Waals surface area contributed by atoms with Gasteiger partial charge in [-0.1, -0.05) is 6.92 Å². The van der Waals surface area contributed by atoms with E-state index >= 15 is 0 Å². The van der Waals surface area contributed by atoms with Gasteiger partial charge in [0.25, 0.3) is 0 Å². The van der Waals surface area contributed by atoms with E-state index in [9.17, 15) is 0 Å². The Morgan fingerprint density at radius 3 is 2.22 bits per heavy atom. The molecular formula is C16H30N2. The standard InChI is InChI=1S/C16H30N2/c1-13(2)18-11-15(12-18)10-17-6-4-16(5-7-17)8-14(3)9-16/h13-15H,4-12H2,1-3H3.